The summed E-state index contributed by atoms with van der Waals surface area (Å²) in [6, 6.07) is 0. The van der Waals surface area contributed by atoms with E-state index < -0.39 is 5.60 Å². The first kappa shape index (κ1) is 14.5. The molecular formula is C15H21N3O2. The van der Waals surface area contributed by atoms with E-state index in [1.54, 1.807) is 17.3 Å². The van der Waals surface area contributed by atoms with Crippen LogP contribution in [0.2, 0.25) is 0 Å². The first-order valence-electron chi connectivity index (χ1n) is 6.86. The van der Waals surface area contributed by atoms with Gasteiger partial charge in [-0.05, 0) is 33.6 Å². The summed E-state index contributed by atoms with van der Waals surface area (Å²) in [5.41, 5.74) is 1.89. The van der Waals surface area contributed by atoms with Crippen LogP contribution in [0.15, 0.2) is 24.3 Å². The normalized spacial score (nSPS) is 15.9. The number of likely N-dealkylation sites (tertiary alicyclic amines) is 1. The number of amides is 1. The molecule has 5 heteroatoms. The monoisotopic (exact) mass is 275 g/mol. The van der Waals surface area contributed by atoms with Gasteiger partial charge in [-0.1, -0.05) is 11.6 Å². The van der Waals surface area contributed by atoms with Crippen molar-refractivity contribution in [2.45, 2.75) is 39.2 Å². The van der Waals surface area contributed by atoms with Gasteiger partial charge in [-0.2, -0.15) is 0 Å². The molecule has 1 amide bonds. The SMILES string of the molecule is CC(C)(C)OC(=O)N1CCC(=Cc2cncnc2)CC1. The molecule has 0 unspecified atom stereocenters. The number of rotatable bonds is 1. The summed E-state index contributed by atoms with van der Waals surface area (Å²) in [7, 11) is 0. The quantitative estimate of drug-likeness (QED) is 0.790. The average Bonchev–Trinajstić information content (AvgIpc) is 2.39. The van der Waals surface area contributed by atoms with E-state index in [9.17, 15) is 4.79 Å². The number of ether oxygens (including phenoxy) is 1. The van der Waals surface area contributed by atoms with Crippen LogP contribution in [-0.2, 0) is 4.74 Å². The highest BCUT2D eigenvalue weighted by Gasteiger charge is 2.24. The van der Waals surface area contributed by atoms with Crippen molar-refractivity contribution in [3.8, 4) is 0 Å². The van der Waals surface area contributed by atoms with E-state index in [1.807, 2.05) is 20.8 Å². The number of hydrogen-bond donors (Lipinski definition) is 0. The molecule has 0 radical (unpaired) electrons. The maximum Gasteiger partial charge on any atom is 0.410 e. The molecule has 0 atom stereocenters. The maximum absolute atomic E-state index is 11.9. The molecule has 2 rings (SSSR count). The van der Waals surface area contributed by atoms with Crippen molar-refractivity contribution < 1.29 is 9.53 Å². The van der Waals surface area contributed by atoms with Crippen LogP contribution in [0.1, 0.15) is 39.2 Å². The highest BCUT2D eigenvalue weighted by molar-refractivity contribution is 5.68. The van der Waals surface area contributed by atoms with E-state index in [-0.39, 0.29) is 6.09 Å². The van der Waals surface area contributed by atoms with Crippen LogP contribution in [0, 0.1) is 0 Å². The third-order valence-electron chi connectivity index (χ3n) is 3.01. The van der Waals surface area contributed by atoms with Crippen LogP contribution in [-0.4, -0.2) is 39.7 Å². The topological polar surface area (TPSA) is 55.3 Å². The molecule has 0 aromatic carbocycles. The molecule has 1 aliphatic rings. The molecule has 2 heterocycles. The summed E-state index contributed by atoms with van der Waals surface area (Å²) in [4.78, 5) is 21.7. The van der Waals surface area contributed by atoms with E-state index in [0.29, 0.717) is 13.1 Å². The molecule has 0 aliphatic carbocycles. The van der Waals surface area contributed by atoms with Gasteiger partial charge in [0, 0.05) is 31.0 Å². The standard InChI is InChI=1S/C15H21N3O2/c1-15(2,3)20-14(19)18-6-4-12(5-7-18)8-13-9-16-11-17-10-13/h8-11H,4-7H2,1-3H3. The zero-order chi connectivity index (χ0) is 14.6. The van der Waals surface area contributed by atoms with Crippen molar-refractivity contribution in [1.82, 2.24) is 14.9 Å². The Morgan fingerprint density at radius 1 is 1.25 bits per heavy atom. The Morgan fingerprint density at radius 2 is 1.85 bits per heavy atom. The van der Waals surface area contributed by atoms with Crippen LogP contribution in [0.5, 0.6) is 0 Å². The van der Waals surface area contributed by atoms with Crippen molar-refractivity contribution in [2.24, 2.45) is 0 Å². The fraction of sp³-hybridized carbons (Fsp3) is 0.533. The molecule has 20 heavy (non-hydrogen) atoms. The molecule has 1 aromatic rings. The maximum atomic E-state index is 11.9. The van der Waals surface area contributed by atoms with Gasteiger partial charge in [-0.15, -0.1) is 0 Å². The van der Waals surface area contributed by atoms with Gasteiger partial charge in [0.25, 0.3) is 0 Å². The number of aromatic nitrogens is 2. The molecule has 0 saturated carbocycles. The van der Waals surface area contributed by atoms with Gasteiger partial charge in [0.1, 0.15) is 11.9 Å². The van der Waals surface area contributed by atoms with Crippen LogP contribution in [0.25, 0.3) is 6.08 Å². The molecule has 1 aromatic heterocycles. The molecule has 108 valence electrons. The van der Waals surface area contributed by atoms with Gasteiger partial charge in [0.15, 0.2) is 0 Å². The van der Waals surface area contributed by atoms with E-state index in [0.717, 1.165) is 18.4 Å². The Bertz CT molecular complexity index is 482. The third-order valence-corrected chi connectivity index (χ3v) is 3.01. The molecule has 1 fully saturated rings. The zero-order valence-electron chi connectivity index (χ0n) is 12.3. The van der Waals surface area contributed by atoms with Crippen molar-refractivity contribution in [3.63, 3.8) is 0 Å². The third kappa shape index (κ3) is 4.33. The lowest BCUT2D eigenvalue weighted by molar-refractivity contribution is 0.0237. The van der Waals surface area contributed by atoms with E-state index in [4.69, 9.17) is 4.74 Å². The summed E-state index contributed by atoms with van der Waals surface area (Å²) in [5.74, 6) is 0. The Morgan fingerprint density at radius 3 is 2.40 bits per heavy atom. The number of piperidine rings is 1. The highest BCUT2D eigenvalue weighted by Crippen LogP contribution is 2.20. The van der Waals surface area contributed by atoms with Crippen molar-refractivity contribution in [2.75, 3.05) is 13.1 Å². The Kier molecular flexibility index (Phi) is 4.37. The molecule has 0 spiro atoms. The highest BCUT2D eigenvalue weighted by atomic mass is 16.6. The van der Waals surface area contributed by atoms with Gasteiger partial charge in [0.2, 0.25) is 0 Å². The van der Waals surface area contributed by atoms with Crippen LogP contribution in [0.4, 0.5) is 4.79 Å². The second-order valence-electron chi connectivity index (χ2n) is 5.94. The minimum atomic E-state index is -0.436. The zero-order valence-corrected chi connectivity index (χ0v) is 12.3. The van der Waals surface area contributed by atoms with Crippen LogP contribution < -0.4 is 0 Å². The Labute approximate surface area is 119 Å². The Balaban J connectivity index is 1.90. The molecule has 1 aliphatic heterocycles. The molecule has 5 nitrogen and oxygen atoms in total. The van der Waals surface area contributed by atoms with Crippen LogP contribution >= 0.6 is 0 Å². The first-order chi connectivity index (χ1) is 9.44. The minimum Gasteiger partial charge on any atom is -0.444 e. The van der Waals surface area contributed by atoms with Crippen LogP contribution in [0.3, 0.4) is 0 Å². The smallest absolute Gasteiger partial charge is 0.410 e. The lowest BCUT2D eigenvalue weighted by Gasteiger charge is -2.31. The predicted octanol–water partition coefficient (Wildman–Crippen LogP) is 2.89. The van der Waals surface area contributed by atoms with Crippen molar-refractivity contribution in [3.05, 3.63) is 29.9 Å². The predicted molar refractivity (Wildman–Crippen MR) is 77.1 cm³/mol. The summed E-state index contributed by atoms with van der Waals surface area (Å²) >= 11 is 0. The van der Waals surface area contributed by atoms with E-state index >= 15 is 0 Å². The summed E-state index contributed by atoms with van der Waals surface area (Å²) < 4.78 is 5.38. The van der Waals surface area contributed by atoms with Gasteiger partial charge in [-0.25, -0.2) is 14.8 Å². The number of carbonyl (C=O) groups excluding carboxylic acids is 1. The average molecular weight is 275 g/mol. The fourth-order valence-electron chi connectivity index (χ4n) is 2.07. The molecule has 1 saturated heterocycles. The second kappa shape index (κ2) is 6.03. The van der Waals surface area contributed by atoms with Crippen molar-refractivity contribution >= 4 is 12.2 Å². The Hall–Kier alpha value is -1.91. The summed E-state index contributed by atoms with van der Waals surface area (Å²) in [6.07, 6.45) is 8.72. The second-order valence-corrected chi connectivity index (χ2v) is 5.94. The van der Waals surface area contributed by atoms with Gasteiger partial charge in [0.05, 0.1) is 0 Å². The fourth-order valence-corrected chi connectivity index (χ4v) is 2.07. The summed E-state index contributed by atoms with van der Waals surface area (Å²) in [6.45, 7) is 7.06. The molecule has 0 N–H and O–H groups in total. The largest absolute Gasteiger partial charge is 0.444 e. The van der Waals surface area contributed by atoms with Gasteiger partial charge in [-0.3, -0.25) is 0 Å². The van der Waals surface area contributed by atoms with Crippen molar-refractivity contribution in [1.29, 1.82) is 0 Å². The minimum absolute atomic E-state index is 0.223. The number of carbonyl (C=O) groups is 1. The summed E-state index contributed by atoms with van der Waals surface area (Å²) in [5, 5.41) is 0. The molecular weight excluding hydrogens is 254 g/mol. The lowest BCUT2D eigenvalue weighted by atomic mass is 10.0. The van der Waals surface area contributed by atoms with E-state index in [1.165, 1.54) is 11.9 Å². The van der Waals surface area contributed by atoms with Gasteiger partial charge >= 0.3 is 6.09 Å². The first-order valence-corrected chi connectivity index (χ1v) is 6.86. The lowest BCUT2D eigenvalue weighted by Crippen LogP contribution is -2.40. The van der Waals surface area contributed by atoms with E-state index in [2.05, 4.69) is 16.0 Å². The van der Waals surface area contributed by atoms with Gasteiger partial charge < -0.3 is 9.64 Å². The molecule has 0 bridgehead atoms. The number of nitrogens with zero attached hydrogens (tertiary/aromatic N) is 3. The number of hydrogen-bond acceptors (Lipinski definition) is 4.